The third kappa shape index (κ3) is 5.78. The van der Waals surface area contributed by atoms with Gasteiger partial charge in [0.2, 0.25) is 0 Å². The molecule has 1 aliphatic carbocycles. The number of hydrogen-bond donors (Lipinski definition) is 5. The van der Waals surface area contributed by atoms with Gasteiger partial charge in [0, 0.05) is 26.2 Å². The summed E-state index contributed by atoms with van der Waals surface area (Å²) < 4.78 is 6.43. The molecule has 5 aliphatic rings. The first-order chi connectivity index (χ1) is 20.5. The van der Waals surface area contributed by atoms with Gasteiger partial charge < -0.3 is 35.8 Å². The molecule has 1 saturated carbocycles. The zero-order valence-corrected chi connectivity index (χ0v) is 26.9. The average molecular weight is 599 g/mol. The minimum atomic E-state index is -0.980. The van der Waals surface area contributed by atoms with Crippen molar-refractivity contribution in [2.45, 2.75) is 121 Å². The van der Waals surface area contributed by atoms with Gasteiger partial charge >= 0.3 is 0 Å². The molecule has 4 unspecified atom stereocenters. The largest absolute Gasteiger partial charge is 0.387 e. The Kier molecular flexibility index (Phi) is 8.71. The summed E-state index contributed by atoms with van der Waals surface area (Å²) in [7, 11) is 2.21. The Morgan fingerprint density at radius 1 is 1.14 bits per heavy atom. The Morgan fingerprint density at radius 3 is 2.60 bits per heavy atom. The van der Waals surface area contributed by atoms with E-state index in [-0.39, 0.29) is 23.8 Å². The molecule has 0 aromatic heterocycles. The van der Waals surface area contributed by atoms with Gasteiger partial charge in [0.15, 0.2) is 0 Å². The number of aliphatic hydroxyl groups excluding tert-OH is 2. The van der Waals surface area contributed by atoms with E-state index in [0.29, 0.717) is 31.3 Å². The monoisotopic (exact) mass is 598 g/mol. The van der Waals surface area contributed by atoms with Crippen molar-refractivity contribution in [2.24, 2.45) is 16.6 Å². The molecule has 11 heteroatoms. The number of aliphatic imine (C=N–C) groups is 1. The summed E-state index contributed by atoms with van der Waals surface area (Å²) in [6.07, 6.45) is 3.43. The fraction of sp³-hybridized carbons (Fsp3) is 0.781. The first-order valence-corrected chi connectivity index (χ1v) is 16.4. The first kappa shape index (κ1) is 31.0. The van der Waals surface area contributed by atoms with Crippen LogP contribution >= 0.6 is 0 Å². The number of likely N-dealkylation sites (N-methyl/N-ethyl adjacent to an activating group) is 2. The molecule has 1 aromatic carbocycles. The van der Waals surface area contributed by atoms with Crippen LogP contribution in [0.2, 0.25) is 0 Å². The molecule has 4 aliphatic heterocycles. The highest BCUT2D eigenvalue weighted by molar-refractivity contribution is 5.76. The van der Waals surface area contributed by atoms with E-state index in [1.165, 1.54) is 36.2 Å². The van der Waals surface area contributed by atoms with Crippen LogP contribution in [0.15, 0.2) is 23.2 Å². The zero-order valence-electron chi connectivity index (χ0n) is 26.9. The molecule has 240 valence electrons. The Labute approximate surface area is 257 Å². The fourth-order valence-electron chi connectivity index (χ4n) is 7.81. The van der Waals surface area contributed by atoms with E-state index in [0.717, 1.165) is 19.5 Å². The highest BCUT2D eigenvalue weighted by atomic mass is 16.6. The lowest BCUT2D eigenvalue weighted by atomic mass is 9.76. The summed E-state index contributed by atoms with van der Waals surface area (Å²) in [5.74, 6) is 0.709. The number of nitrogens with two attached hydrogens (primary N) is 1. The molecule has 3 fully saturated rings. The lowest BCUT2D eigenvalue weighted by molar-refractivity contribution is -0.119. The third-order valence-electron chi connectivity index (χ3n) is 10.7. The predicted molar refractivity (Wildman–Crippen MR) is 171 cm³/mol. The van der Waals surface area contributed by atoms with Crippen LogP contribution in [0.4, 0.5) is 11.4 Å². The number of hydrogen-bond acceptors (Lipinski definition) is 11. The molecule has 11 nitrogen and oxygen atoms in total. The van der Waals surface area contributed by atoms with Crippen LogP contribution in [0.1, 0.15) is 65.9 Å². The molecule has 0 bridgehead atoms. The van der Waals surface area contributed by atoms with Crippen molar-refractivity contribution >= 4 is 17.7 Å². The molecule has 2 saturated heterocycles. The van der Waals surface area contributed by atoms with E-state index in [1.807, 2.05) is 0 Å². The highest BCUT2D eigenvalue weighted by Gasteiger charge is 2.53. The first-order valence-electron chi connectivity index (χ1n) is 16.4. The molecule has 6 rings (SSSR count). The molecule has 0 radical (unpaired) electrons. The molecule has 1 aromatic rings. The molecular weight excluding hydrogens is 544 g/mol. The number of nitrogens with zero attached hydrogens (tertiary/aromatic N) is 5. The second-order valence-electron chi connectivity index (χ2n) is 14.4. The number of fused-ring (bicyclic) bond motifs is 2. The van der Waals surface area contributed by atoms with Gasteiger partial charge in [-0.25, -0.2) is 4.90 Å². The molecular formula is C32H54N8O3. The number of benzene rings is 1. The summed E-state index contributed by atoms with van der Waals surface area (Å²) >= 11 is 0. The van der Waals surface area contributed by atoms with Gasteiger partial charge in [-0.05, 0) is 68.2 Å². The summed E-state index contributed by atoms with van der Waals surface area (Å²) in [5, 5.41) is 29.4. The van der Waals surface area contributed by atoms with E-state index < -0.39 is 24.5 Å². The van der Waals surface area contributed by atoms with Gasteiger partial charge in [-0.1, -0.05) is 33.8 Å². The van der Waals surface area contributed by atoms with Crippen molar-refractivity contribution in [2.75, 3.05) is 43.6 Å². The van der Waals surface area contributed by atoms with Gasteiger partial charge in [-0.2, -0.15) is 0 Å². The van der Waals surface area contributed by atoms with Crippen molar-refractivity contribution < 1.29 is 14.9 Å². The van der Waals surface area contributed by atoms with Gasteiger partial charge in [-0.3, -0.25) is 15.2 Å². The van der Waals surface area contributed by atoms with E-state index in [4.69, 9.17) is 10.5 Å². The van der Waals surface area contributed by atoms with Crippen molar-refractivity contribution in [3.8, 4) is 0 Å². The van der Waals surface area contributed by atoms with Gasteiger partial charge in [-0.15, -0.1) is 0 Å². The van der Waals surface area contributed by atoms with Crippen LogP contribution in [-0.2, 0) is 10.2 Å². The zero-order chi connectivity index (χ0) is 30.6. The predicted octanol–water partition coefficient (Wildman–Crippen LogP) is 1.71. The number of ether oxygens (including phenoxy) is 1. The Hall–Kier alpha value is -1.99. The second-order valence-corrected chi connectivity index (χ2v) is 14.4. The second kappa shape index (κ2) is 12.1. The van der Waals surface area contributed by atoms with E-state index >= 15 is 0 Å². The molecule has 6 N–H and O–H groups in total. The van der Waals surface area contributed by atoms with Crippen LogP contribution in [0.25, 0.3) is 0 Å². The normalized spacial score (nSPS) is 37.5. The average Bonchev–Trinajstić information content (AvgIpc) is 3.61. The summed E-state index contributed by atoms with van der Waals surface area (Å²) in [5.41, 5.74) is 10.3. The fourth-order valence-corrected chi connectivity index (χ4v) is 7.81. The number of aliphatic hydroxyl groups is 2. The van der Waals surface area contributed by atoms with Crippen LogP contribution in [0, 0.1) is 5.92 Å². The number of rotatable bonds is 9. The maximum Gasteiger partial charge on any atom is 0.142 e. The lowest BCUT2D eigenvalue weighted by Gasteiger charge is -2.44. The molecule has 0 amide bonds. The SMILES string of the molecule is CCN1C=NC(N)C2NCN([C@@H]3O[C@H](CN(CC)C4CC(CCC5Nc6ccc(C(C)(C)C)cc6N5C)C4)[C@@H](O)[C@H]3O)C21. The Morgan fingerprint density at radius 2 is 1.91 bits per heavy atom. The summed E-state index contributed by atoms with van der Waals surface area (Å²) in [6, 6.07) is 7.28. The molecule has 4 heterocycles. The quantitative estimate of drug-likeness (QED) is 0.287. The van der Waals surface area contributed by atoms with Crippen LogP contribution < -0.4 is 21.3 Å². The van der Waals surface area contributed by atoms with Gasteiger partial charge in [0.25, 0.3) is 0 Å². The highest BCUT2D eigenvalue weighted by Crippen LogP contribution is 2.41. The van der Waals surface area contributed by atoms with Crippen LogP contribution in [0.3, 0.4) is 0 Å². The minimum absolute atomic E-state index is 0.0506. The summed E-state index contributed by atoms with van der Waals surface area (Å²) in [6.45, 7) is 13.9. The topological polar surface area (TPSA) is 125 Å². The van der Waals surface area contributed by atoms with Crippen molar-refractivity contribution in [3.05, 3.63) is 23.8 Å². The third-order valence-corrected chi connectivity index (χ3v) is 10.7. The van der Waals surface area contributed by atoms with Crippen molar-refractivity contribution in [3.63, 3.8) is 0 Å². The van der Waals surface area contributed by atoms with E-state index in [1.54, 1.807) is 6.34 Å². The number of nitrogens with one attached hydrogen (secondary N) is 2. The van der Waals surface area contributed by atoms with Crippen LogP contribution in [0.5, 0.6) is 0 Å². The maximum atomic E-state index is 11.1. The Bertz CT molecular complexity index is 1160. The lowest BCUT2D eigenvalue weighted by Crippen LogP contribution is -2.61. The number of anilines is 2. The van der Waals surface area contributed by atoms with E-state index in [9.17, 15) is 10.2 Å². The van der Waals surface area contributed by atoms with Crippen molar-refractivity contribution in [1.29, 1.82) is 0 Å². The maximum absolute atomic E-state index is 11.1. The molecule has 43 heavy (non-hydrogen) atoms. The Balaban J connectivity index is 0.994. The van der Waals surface area contributed by atoms with Crippen molar-refractivity contribution in [1.82, 2.24) is 20.0 Å². The molecule has 8 atom stereocenters. The standard InChI is InChI=1S/C32H54N8O3/c1-7-38(16-24-27(41)28(42)31(43-24)40-18-34-26-29(33)35-17-39(8-2)30(26)40)21-13-19(14-21)9-12-25-36-22-11-10-20(32(3,4)5)15-23(22)37(25)6/h10-11,15,17,19,21,24-31,34,36,41-42H,7-9,12-14,16,18,33H2,1-6H3/t19?,21?,24-,25?,26?,27-,28-,29?,30?,31-/m1/s1. The van der Waals surface area contributed by atoms with E-state index in [2.05, 4.69) is 95.1 Å². The van der Waals surface area contributed by atoms with Gasteiger partial charge in [0.05, 0.1) is 36.6 Å². The molecule has 0 spiro atoms. The minimum Gasteiger partial charge on any atom is -0.387 e. The van der Waals surface area contributed by atoms with Gasteiger partial charge in [0.1, 0.15) is 36.9 Å². The smallest absolute Gasteiger partial charge is 0.142 e. The summed E-state index contributed by atoms with van der Waals surface area (Å²) in [4.78, 5) is 13.5. The van der Waals surface area contributed by atoms with Crippen LogP contribution in [-0.4, -0.2) is 120 Å².